The van der Waals surface area contributed by atoms with E-state index >= 15 is 0 Å². The number of rotatable bonds is 7. The first-order valence-corrected chi connectivity index (χ1v) is 7.56. The molecule has 0 atom stereocenters. The van der Waals surface area contributed by atoms with Crippen molar-refractivity contribution in [3.05, 3.63) is 35.4 Å². The summed E-state index contributed by atoms with van der Waals surface area (Å²) < 4.78 is 0. The SMILES string of the molecule is Cc1cc(N(CC(C)C)CC(C)C)ccc1C=CC(=O)O. The van der Waals surface area contributed by atoms with Crippen LogP contribution in [0.3, 0.4) is 0 Å². The van der Waals surface area contributed by atoms with Crippen molar-refractivity contribution >= 4 is 17.7 Å². The van der Waals surface area contributed by atoms with Gasteiger partial charge < -0.3 is 10.0 Å². The van der Waals surface area contributed by atoms with Crippen LogP contribution in [0.1, 0.15) is 38.8 Å². The molecule has 0 bridgehead atoms. The standard InChI is InChI=1S/C18H27NO2/c1-13(2)11-19(12-14(3)4)17-8-6-16(15(5)10-17)7-9-18(20)21/h6-10,13-14H,11-12H2,1-5H3,(H,20,21). The van der Waals surface area contributed by atoms with E-state index in [1.54, 1.807) is 6.08 Å². The van der Waals surface area contributed by atoms with E-state index in [1.807, 2.05) is 13.0 Å². The van der Waals surface area contributed by atoms with Gasteiger partial charge in [-0.15, -0.1) is 0 Å². The average molecular weight is 289 g/mol. The van der Waals surface area contributed by atoms with Crippen molar-refractivity contribution in [2.45, 2.75) is 34.6 Å². The molecule has 3 heteroatoms. The molecule has 1 aromatic rings. The molecular weight excluding hydrogens is 262 g/mol. The number of nitrogens with zero attached hydrogens (tertiary/aromatic N) is 1. The topological polar surface area (TPSA) is 40.5 Å². The normalized spacial score (nSPS) is 11.6. The predicted molar refractivity (Wildman–Crippen MR) is 89.7 cm³/mol. The van der Waals surface area contributed by atoms with Crippen LogP contribution >= 0.6 is 0 Å². The number of hydrogen-bond donors (Lipinski definition) is 1. The molecule has 0 spiro atoms. The third kappa shape index (κ3) is 6.03. The Morgan fingerprint density at radius 2 is 1.76 bits per heavy atom. The van der Waals surface area contributed by atoms with E-state index in [0.29, 0.717) is 11.8 Å². The molecule has 1 N–H and O–H groups in total. The van der Waals surface area contributed by atoms with Crippen molar-refractivity contribution in [1.82, 2.24) is 0 Å². The van der Waals surface area contributed by atoms with E-state index < -0.39 is 5.97 Å². The van der Waals surface area contributed by atoms with Gasteiger partial charge in [0.05, 0.1) is 0 Å². The van der Waals surface area contributed by atoms with Crippen LogP contribution in [0, 0.1) is 18.8 Å². The number of carboxylic acid groups (broad SMARTS) is 1. The third-order valence-electron chi connectivity index (χ3n) is 3.20. The van der Waals surface area contributed by atoms with Crippen molar-refractivity contribution in [2.75, 3.05) is 18.0 Å². The minimum absolute atomic E-state index is 0.607. The summed E-state index contributed by atoms with van der Waals surface area (Å²) in [5.74, 6) is 0.297. The summed E-state index contributed by atoms with van der Waals surface area (Å²) in [7, 11) is 0. The van der Waals surface area contributed by atoms with E-state index in [9.17, 15) is 4.79 Å². The minimum atomic E-state index is -0.917. The average Bonchev–Trinajstić information content (AvgIpc) is 2.35. The van der Waals surface area contributed by atoms with E-state index in [4.69, 9.17) is 5.11 Å². The first kappa shape index (κ1) is 17.3. The van der Waals surface area contributed by atoms with Gasteiger partial charge in [-0.3, -0.25) is 0 Å². The van der Waals surface area contributed by atoms with Crippen molar-refractivity contribution in [2.24, 2.45) is 11.8 Å². The lowest BCUT2D eigenvalue weighted by Crippen LogP contribution is -2.31. The number of carboxylic acids is 1. The second kappa shape index (κ2) is 7.87. The molecule has 1 aromatic carbocycles. The molecule has 0 radical (unpaired) electrons. The monoisotopic (exact) mass is 289 g/mol. The van der Waals surface area contributed by atoms with Crippen LogP contribution in [0.15, 0.2) is 24.3 Å². The van der Waals surface area contributed by atoms with Crippen molar-refractivity contribution in [1.29, 1.82) is 0 Å². The summed E-state index contributed by atoms with van der Waals surface area (Å²) >= 11 is 0. The largest absolute Gasteiger partial charge is 0.478 e. The van der Waals surface area contributed by atoms with Gasteiger partial charge in [0.2, 0.25) is 0 Å². The molecular formula is C18H27NO2. The summed E-state index contributed by atoms with van der Waals surface area (Å²) in [5.41, 5.74) is 3.26. The van der Waals surface area contributed by atoms with Crippen molar-refractivity contribution in [3.63, 3.8) is 0 Å². The fraction of sp³-hybridized carbons (Fsp3) is 0.500. The quantitative estimate of drug-likeness (QED) is 0.764. The number of aryl methyl sites for hydroxylation is 1. The fourth-order valence-electron chi connectivity index (χ4n) is 2.37. The predicted octanol–water partition coefficient (Wildman–Crippen LogP) is 4.21. The lowest BCUT2D eigenvalue weighted by Gasteiger charge is -2.29. The van der Waals surface area contributed by atoms with Gasteiger partial charge in [-0.25, -0.2) is 4.79 Å². The lowest BCUT2D eigenvalue weighted by molar-refractivity contribution is -0.131. The molecule has 3 nitrogen and oxygen atoms in total. The van der Waals surface area contributed by atoms with Gasteiger partial charge >= 0.3 is 5.97 Å². The second-order valence-corrected chi connectivity index (χ2v) is 6.41. The summed E-state index contributed by atoms with van der Waals surface area (Å²) in [6.45, 7) is 13.0. The van der Waals surface area contributed by atoms with Crippen molar-refractivity contribution in [3.8, 4) is 0 Å². The van der Waals surface area contributed by atoms with E-state index in [1.165, 1.54) is 11.8 Å². The first-order chi connectivity index (χ1) is 9.79. The third-order valence-corrected chi connectivity index (χ3v) is 3.20. The van der Waals surface area contributed by atoms with Gasteiger partial charge in [-0.2, -0.15) is 0 Å². The highest BCUT2D eigenvalue weighted by Crippen LogP contribution is 2.22. The molecule has 0 fully saturated rings. The molecule has 21 heavy (non-hydrogen) atoms. The van der Waals surface area contributed by atoms with Crippen LogP contribution in [-0.4, -0.2) is 24.2 Å². The Morgan fingerprint density at radius 1 is 1.19 bits per heavy atom. The summed E-state index contributed by atoms with van der Waals surface area (Å²) in [6.07, 6.45) is 2.83. The zero-order chi connectivity index (χ0) is 16.0. The van der Waals surface area contributed by atoms with Gasteiger partial charge in [0.25, 0.3) is 0 Å². The molecule has 1 rings (SSSR count). The Labute approximate surface area is 128 Å². The van der Waals surface area contributed by atoms with Crippen LogP contribution < -0.4 is 4.90 Å². The van der Waals surface area contributed by atoms with Gasteiger partial charge in [0.15, 0.2) is 0 Å². The summed E-state index contributed by atoms with van der Waals surface area (Å²) in [4.78, 5) is 13.0. The summed E-state index contributed by atoms with van der Waals surface area (Å²) in [5, 5.41) is 8.71. The number of hydrogen-bond acceptors (Lipinski definition) is 2. The minimum Gasteiger partial charge on any atom is -0.478 e. The molecule has 0 saturated heterocycles. The number of benzene rings is 1. The number of carbonyl (C=O) groups is 1. The molecule has 0 amide bonds. The Hall–Kier alpha value is -1.77. The van der Waals surface area contributed by atoms with Crippen LogP contribution in [0.2, 0.25) is 0 Å². The van der Waals surface area contributed by atoms with Crippen LogP contribution in [-0.2, 0) is 4.79 Å². The molecule has 0 heterocycles. The summed E-state index contributed by atoms with van der Waals surface area (Å²) in [6, 6.07) is 6.23. The lowest BCUT2D eigenvalue weighted by atomic mass is 10.0. The van der Waals surface area contributed by atoms with Gasteiger partial charge in [0, 0.05) is 24.9 Å². The zero-order valence-electron chi connectivity index (χ0n) is 13.8. The Morgan fingerprint density at radius 3 is 2.19 bits per heavy atom. The number of aliphatic carboxylic acids is 1. The highest BCUT2D eigenvalue weighted by molar-refractivity contribution is 5.85. The fourth-order valence-corrected chi connectivity index (χ4v) is 2.37. The Bertz CT molecular complexity index is 494. The molecule has 0 unspecified atom stereocenters. The van der Waals surface area contributed by atoms with E-state index in [-0.39, 0.29) is 0 Å². The smallest absolute Gasteiger partial charge is 0.328 e. The maximum atomic E-state index is 10.6. The van der Waals surface area contributed by atoms with E-state index in [0.717, 1.165) is 24.2 Å². The zero-order valence-corrected chi connectivity index (χ0v) is 13.8. The van der Waals surface area contributed by atoms with Crippen molar-refractivity contribution < 1.29 is 9.90 Å². The molecule has 0 aliphatic heterocycles. The maximum Gasteiger partial charge on any atom is 0.328 e. The second-order valence-electron chi connectivity index (χ2n) is 6.41. The van der Waals surface area contributed by atoms with E-state index in [2.05, 4.69) is 44.7 Å². The Kier molecular flexibility index (Phi) is 6.47. The van der Waals surface area contributed by atoms with Crippen LogP contribution in [0.5, 0.6) is 0 Å². The maximum absolute atomic E-state index is 10.6. The molecule has 0 aliphatic carbocycles. The van der Waals surface area contributed by atoms with Gasteiger partial charge in [-0.1, -0.05) is 33.8 Å². The number of anilines is 1. The highest BCUT2D eigenvalue weighted by Gasteiger charge is 2.11. The highest BCUT2D eigenvalue weighted by atomic mass is 16.4. The molecule has 0 aliphatic rings. The first-order valence-electron chi connectivity index (χ1n) is 7.56. The molecule has 0 saturated carbocycles. The molecule has 0 aromatic heterocycles. The van der Waals surface area contributed by atoms with Crippen LogP contribution in [0.4, 0.5) is 5.69 Å². The molecule has 116 valence electrons. The van der Waals surface area contributed by atoms with Gasteiger partial charge in [-0.05, 0) is 48.1 Å². The van der Waals surface area contributed by atoms with Gasteiger partial charge in [0.1, 0.15) is 0 Å². The Balaban J connectivity index is 2.99. The van der Waals surface area contributed by atoms with Crippen LogP contribution in [0.25, 0.3) is 6.08 Å².